The molecule has 0 bridgehead atoms. The van der Waals surface area contributed by atoms with Crippen molar-refractivity contribution in [1.29, 1.82) is 0 Å². The van der Waals surface area contributed by atoms with E-state index in [1.165, 1.54) is 0 Å². The van der Waals surface area contributed by atoms with Crippen LogP contribution in [0.15, 0.2) is 0 Å². The van der Waals surface area contributed by atoms with E-state index in [0.717, 1.165) is 0 Å². The van der Waals surface area contributed by atoms with Crippen LogP contribution in [-0.2, 0) is 9.53 Å². The summed E-state index contributed by atoms with van der Waals surface area (Å²) in [5.74, 6) is -1.31. The molecule has 0 radical (unpaired) electrons. The Balaban J connectivity index is 3.93. The summed E-state index contributed by atoms with van der Waals surface area (Å²) in [6, 6.07) is 0. The Kier molecular flexibility index (Phi) is 4.07. The fraction of sp³-hybridized carbons (Fsp3) is 0.667. The summed E-state index contributed by atoms with van der Waals surface area (Å²) in [5, 5.41) is 8.96. The molecule has 0 aromatic heterocycles. The predicted octanol–water partition coefficient (Wildman–Crippen LogP) is 0.905. The minimum Gasteiger partial charge on any atom is -0.381 e. The number of hydrogen-bond donors (Lipinski definition) is 1. The molecule has 5 heteroatoms. The smallest absolute Gasteiger partial charge is 0.381 e. The van der Waals surface area contributed by atoms with E-state index in [1.54, 1.807) is 13.8 Å². The lowest BCUT2D eigenvalue weighted by atomic mass is 10.1. The molecule has 0 aliphatic carbocycles. The molecule has 0 aliphatic rings. The van der Waals surface area contributed by atoms with Crippen molar-refractivity contribution in [2.45, 2.75) is 20.0 Å². The summed E-state index contributed by atoms with van der Waals surface area (Å²) < 4.78 is 3.91. The number of carbonyl (C=O) groups is 2. The van der Waals surface area contributed by atoms with Crippen molar-refractivity contribution < 1.29 is 19.4 Å². The molecule has 0 fully saturated rings. The largest absolute Gasteiger partial charge is 0.411 e. The quantitative estimate of drug-likeness (QED) is 0.390. The number of ether oxygens (including phenoxy) is 1. The Morgan fingerprint density at radius 3 is 2.18 bits per heavy atom. The van der Waals surface area contributed by atoms with Crippen molar-refractivity contribution in [2.75, 3.05) is 0 Å². The minimum atomic E-state index is -1.29. The van der Waals surface area contributed by atoms with Gasteiger partial charge in [0.2, 0.25) is 0 Å². The van der Waals surface area contributed by atoms with Crippen molar-refractivity contribution in [3.63, 3.8) is 0 Å². The standard InChI is InChI=1S/C6H9ClO4/c1-3(2)4(8)5(9)11-6(7)10/h3-4,8H,1-2H3. The van der Waals surface area contributed by atoms with E-state index < -0.39 is 17.5 Å². The summed E-state index contributed by atoms with van der Waals surface area (Å²) in [6.07, 6.45) is -1.29. The van der Waals surface area contributed by atoms with Crippen LogP contribution < -0.4 is 0 Å². The van der Waals surface area contributed by atoms with Gasteiger partial charge in [0.15, 0.2) is 6.10 Å². The molecule has 0 amide bonds. The third-order valence-electron chi connectivity index (χ3n) is 1.05. The highest BCUT2D eigenvalue weighted by atomic mass is 35.5. The zero-order chi connectivity index (χ0) is 9.02. The molecule has 64 valence electrons. The summed E-state index contributed by atoms with van der Waals surface area (Å²) in [4.78, 5) is 20.6. The van der Waals surface area contributed by atoms with Gasteiger partial charge in [-0.2, -0.15) is 0 Å². The lowest BCUT2D eigenvalue weighted by molar-refractivity contribution is -0.148. The van der Waals surface area contributed by atoms with Crippen molar-refractivity contribution >= 4 is 23.0 Å². The Labute approximate surface area is 69.1 Å². The zero-order valence-electron chi connectivity index (χ0n) is 6.20. The number of aliphatic hydroxyl groups is 1. The molecule has 1 unspecified atom stereocenters. The maximum Gasteiger partial charge on any atom is 0.411 e. The van der Waals surface area contributed by atoms with Crippen molar-refractivity contribution in [2.24, 2.45) is 5.92 Å². The van der Waals surface area contributed by atoms with E-state index in [9.17, 15) is 9.59 Å². The van der Waals surface area contributed by atoms with E-state index >= 15 is 0 Å². The Morgan fingerprint density at radius 1 is 1.45 bits per heavy atom. The van der Waals surface area contributed by atoms with E-state index in [-0.39, 0.29) is 5.92 Å². The first-order valence-corrected chi connectivity index (χ1v) is 3.42. The van der Waals surface area contributed by atoms with Crippen molar-refractivity contribution in [3.8, 4) is 0 Å². The number of esters is 1. The van der Waals surface area contributed by atoms with Crippen molar-refractivity contribution in [3.05, 3.63) is 0 Å². The van der Waals surface area contributed by atoms with E-state index in [1.807, 2.05) is 0 Å². The lowest BCUT2D eigenvalue weighted by Gasteiger charge is -2.10. The van der Waals surface area contributed by atoms with E-state index in [2.05, 4.69) is 4.74 Å². The molecule has 0 rings (SSSR count). The van der Waals surface area contributed by atoms with Gasteiger partial charge >= 0.3 is 11.4 Å². The lowest BCUT2D eigenvalue weighted by Crippen LogP contribution is -2.28. The van der Waals surface area contributed by atoms with E-state index in [0.29, 0.717) is 0 Å². The summed E-state index contributed by atoms with van der Waals surface area (Å²) in [7, 11) is 0. The van der Waals surface area contributed by atoms with Crippen LogP contribution in [0.5, 0.6) is 0 Å². The fourth-order valence-corrected chi connectivity index (χ4v) is 0.488. The minimum absolute atomic E-state index is 0.293. The molecular weight excluding hydrogens is 172 g/mol. The molecule has 0 heterocycles. The second kappa shape index (κ2) is 4.31. The number of rotatable bonds is 2. The molecule has 0 aliphatic heterocycles. The highest BCUT2D eigenvalue weighted by Gasteiger charge is 2.22. The van der Waals surface area contributed by atoms with Gasteiger partial charge in [-0.25, -0.2) is 9.59 Å². The van der Waals surface area contributed by atoms with Gasteiger partial charge in [0, 0.05) is 11.6 Å². The first-order chi connectivity index (χ1) is 4.95. The number of halogens is 1. The van der Waals surface area contributed by atoms with Gasteiger partial charge in [-0.1, -0.05) is 13.8 Å². The molecule has 4 nitrogen and oxygen atoms in total. The van der Waals surface area contributed by atoms with Gasteiger partial charge in [-0.15, -0.1) is 0 Å². The highest BCUT2D eigenvalue weighted by molar-refractivity contribution is 6.61. The van der Waals surface area contributed by atoms with Crippen LogP contribution in [0.3, 0.4) is 0 Å². The fourth-order valence-electron chi connectivity index (χ4n) is 0.412. The van der Waals surface area contributed by atoms with Crippen LogP contribution in [-0.4, -0.2) is 22.6 Å². The van der Waals surface area contributed by atoms with Crippen LogP contribution in [0.2, 0.25) is 0 Å². The zero-order valence-corrected chi connectivity index (χ0v) is 6.96. The third kappa shape index (κ3) is 3.95. The van der Waals surface area contributed by atoms with Crippen molar-refractivity contribution in [1.82, 2.24) is 0 Å². The molecule has 0 saturated carbocycles. The van der Waals surface area contributed by atoms with Gasteiger partial charge in [0.05, 0.1) is 0 Å². The average molecular weight is 181 g/mol. The first kappa shape index (κ1) is 10.4. The number of hydrogen-bond acceptors (Lipinski definition) is 4. The maximum absolute atomic E-state index is 10.6. The number of aliphatic hydroxyl groups excluding tert-OH is 1. The van der Waals surface area contributed by atoms with Gasteiger partial charge in [0.1, 0.15) is 0 Å². The Bertz CT molecular complexity index is 166. The van der Waals surface area contributed by atoms with Crippen LogP contribution in [0, 0.1) is 5.92 Å². The normalized spacial score (nSPS) is 12.8. The predicted molar refractivity (Wildman–Crippen MR) is 38.2 cm³/mol. The Morgan fingerprint density at radius 2 is 1.91 bits per heavy atom. The molecule has 1 atom stereocenters. The van der Waals surface area contributed by atoms with Crippen LogP contribution in [0.25, 0.3) is 0 Å². The molecule has 0 aromatic rings. The molecule has 0 spiro atoms. The van der Waals surface area contributed by atoms with Gasteiger partial charge in [-0.05, 0) is 5.92 Å². The van der Waals surface area contributed by atoms with Crippen LogP contribution >= 0.6 is 11.6 Å². The molecular formula is C6H9ClO4. The van der Waals surface area contributed by atoms with Gasteiger partial charge in [-0.3, -0.25) is 0 Å². The molecule has 0 saturated heterocycles. The first-order valence-electron chi connectivity index (χ1n) is 3.04. The monoisotopic (exact) mass is 180 g/mol. The highest BCUT2D eigenvalue weighted by Crippen LogP contribution is 2.03. The SMILES string of the molecule is CC(C)C(O)C(=O)OC(=O)Cl. The number of carbonyl (C=O) groups excluding carboxylic acids is 2. The summed E-state index contributed by atoms with van der Waals surface area (Å²) >= 11 is 4.73. The van der Waals surface area contributed by atoms with Gasteiger partial charge in [0.25, 0.3) is 0 Å². The Hall–Kier alpha value is -0.610. The maximum atomic E-state index is 10.6. The second-order valence-corrected chi connectivity index (χ2v) is 2.66. The summed E-state index contributed by atoms with van der Waals surface area (Å²) in [5.41, 5.74) is -1.23. The van der Waals surface area contributed by atoms with Crippen LogP contribution in [0.4, 0.5) is 4.79 Å². The summed E-state index contributed by atoms with van der Waals surface area (Å²) in [6.45, 7) is 3.23. The second-order valence-electron chi connectivity index (χ2n) is 2.35. The molecule has 0 aromatic carbocycles. The van der Waals surface area contributed by atoms with Crippen LogP contribution in [0.1, 0.15) is 13.8 Å². The van der Waals surface area contributed by atoms with E-state index in [4.69, 9.17) is 16.7 Å². The third-order valence-corrected chi connectivity index (χ3v) is 1.13. The topological polar surface area (TPSA) is 63.6 Å². The average Bonchev–Trinajstić information content (AvgIpc) is 1.84. The molecule has 11 heavy (non-hydrogen) atoms. The molecule has 1 N–H and O–H groups in total. The van der Waals surface area contributed by atoms with Gasteiger partial charge < -0.3 is 9.84 Å².